The van der Waals surface area contributed by atoms with Crippen LogP contribution in [0.2, 0.25) is 5.02 Å². The molecule has 0 bridgehead atoms. The van der Waals surface area contributed by atoms with Gasteiger partial charge in [0.25, 0.3) is 0 Å². The summed E-state index contributed by atoms with van der Waals surface area (Å²) in [6.45, 7) is 1.83. The molecule has 1 amide bonds. The van der Waals surface area contributed by atoms with Crippen molar-refractivity contribution in [3.05, 3.63) is 52.5 Å². The van der Waals surface area contributed by atoms with Gasteiger partial charge in [-0.05, 0) is 43.0 Å². The van der Waals surface area contributed by atoms with Crippen molar-refractivity contribution in [2.24, 2.45) is 0 Å². The number of pyridine rings is 1. The number of benzene rings is 1. The number of nitrogens with zero attached hydrogens (tertiary/aromatic N) is 3. The molecule has 1 fully saturated rings. The molecule has 0 saturated heterocycles. The van der Waals surface area contributed by atoms with Crippen LogP contribution in [0, 0.1) is 6.92 Å². The van der Waals surface area contributed by atoms with Crippen LogP contribution in [-0.4, -0.2) is 38.2 Å². The molecule has 4 rings (SSSR count). The van der Waals surface area contributed by atoms with Gasteiger partial charge in [-0.3, -0.25) is 4.79 Å². The highest BCUT2D eigenvalue weighted by Gasteiger charge is 2.35. The summed E-state index contributed by atoms with van der Waals surface area (Å²) in [5, 5.41) is 16.4. The normalized spacial score (nSPS) is 15.9. The molecule has 2 heterocycles. The third-order valence-corrected chi connectivity index (χ3v) is 5.62. The Hall–Kier alpha value is -3.27. The zero-order valence-electron chi connectivity index (χ0n) is 17.6. The van der Waals surface area contributed by atoms with Gasteiger partial charge in [-0.2, -0.15) is 4.98 Å². The maximum atomic E-state index is 13.2. The van der Waals surface area contributed by atoms with Crippen molar-refractivity contribution >= 4 is 17.5 Å². The number of alkyl halides is 2. The molecule has 1 aliphatic rings. The Labute approximate surface area is 192 Å². The van der Waals surface area contributed by atoms with Gasteiger partial charge in [0.15, 0.2) is 0 Å². The molecular weight excluding hydrogens is 458 g/mol. The number of phenols is 1. The second-order valence-electron chi connectivity index (χ2n) is 7.91. The fourth-order valence-corrected chi connectivity index (χ4v) is 3.71. The number of phenolic OH excluding ortho intramolecular Hbond substituents is 1. The van der Waals surface area contributed by atoms with Crippen LogP contribution in [-0.2, 0) is 6.54 Å². The lowest BCUT2D eigenvalue weighted by atomic mass is 9.94. The molecule has 0 spiro atoms. The molecule has 174 valence electrons. The van der Waals surface area contributed by atoms with Crippen LogP contribution < -0.4 is 10.1 Å². The standard InChI is InChI=1S/C22H21ClF2N4O4/c1-12-8-14(9-16(23)18(12)30)19-28-21(33-29-19)20(31)27-11-13-2-3-17(26-10-13)32-15-4-6-22(24,25)7-5-15/h2-3,8-10,15,30H,4-7,11H2,1H3,(H,27,31). The molecule has 3 aromatic rings. The number of ether oxygens (including phenoxy) is 1. The Balaban J connectivity index is 1.31. The summed E-state index contributed by atoms with van der Waals surface area (Å²) in [7, 11) is 0. The number of aromatic nitrogens is 3. The van der Waals surface area contributed by atoms with E-state index in [1.165, 1.54) is 12.3 Å². The number of aryl methyl sites for hydroxylation is 1. The first-order valence-corrected chi connectivity index (χ1v) is 10.7. The molecule has 8 nitrogen and oxygen atoms in total. The fourth-order valence-electron chi connectivity index (χ4n) is 3.44. The minimum absolute atomic E-state index is 0.0350. The Bertz CT molecular complexity index is 1120. The molecule has 1 aromatic carbocycles. The molecule has 1 aliphatic carbocycles. The van der Waals surface area contributed by atoms with Crippen LogP contribution in [0.1, 0.15) is 47.5 Å². The third kappa shape index (κ3) is 5.57. The van der Waals surface area contributed by atoms with Gasteiger partial charge in [-0.25, -0.2) is 13.8 Å². The molecule has 2 N–H and O–H groups in total. The topological polar surface area (TPSA) is 110 Å². The number of hydrogen-bond donors (Lipinski definition) is 2. The highest BCUT2D eigenvalue weighted by Crippen LogP contribution is 2.34. The summed E-state index contributed by atoms with van der Waals surface area (Å²) in [5.74, 6) is -2.93. The van der Waals surface area contributed by atoms with Gasteiger partial charge in [-0.15, -0.1) is 0 Å². The highest BCUT2D eigenvalue weighted by atomic mass is 35.5. The Morgan fingerprint density at radius 3 is 2.76 bits per heavy atom. The summed E-state index contributed by atoms with van der Waals surface area (Å²) < 4.78 is 37.2. The van der Waals surface area contributed by atoms with E-state index >= 15 is 0 Å². The van der Waals surface area contributed by atoms with Crippen molar-refractivity contribution in [1.29, 1.82) is 0 Å². The number of halogens is 3. The lowest BCUT2D eigenvalue weighted by Gasteiger charge is -2.28. The minimum Gasteiger partial charge on any atom is -0.506 e. The van der Waals surface area contributed by atoms with Crippen LogP contribution in [0.25, 0.3) is 11.4 Å². The second kappa shape index (κ2) is 9.30. The molecular formula is C22H21ClF2N4O4. The van der Waals surface area contributed by atoms with Crippen molar-refractivity contribution in [2.75, 3.05) is 0 Å². The number of amides is 1. The SMILES string of the molecule is Cc1cc(-c2noc(C(=O)NCc3ccc(OC4CCC(F)(F)CC4)nc3)n2)cc(Cl)c1O. The minimum atomic E-state index is -2.61. The summed E-state index contributed by atoms with van der Waals surface area (Å²) >= 11 is 5.97. The number of carbonyl (C=O) groups excluding carboxylic acids is 1. The highest BCUT2D eigenvalue weighted by molar-refractivity contribution is 6.32. The van der Waals surface area contributed by atoms with Crippen molar-refractivity contribution < 1.29 is 27.9 Å². The van der Waals surface area contributed by atoms with Gasteiger partial charge in [-0.1, -0.05) is 22.8 Å². The first-order chi connectivity index (χ1) is 15.7. The van der Waals surface area contributed by atoms with Crippen molar-refractivity contribution in [1.82, 2.24) is 20.4 Å². The van der Waals surface area contributed by atoms with Crippen LogP contribution in [0.15, 0.2) is 35.0 Å². The fraction of sp³-hybridized carbons (Fsp3) is 0.364. The van der Waals surface area contributed by atoms with Crippen molar-refractivity contribution in [2.45, 2.75) is 51.2 Å². The van der Waals surface area contributed by atoms with Crippen molar-refractivity contribution in [3.8, 4) is 23.0 Å². The van der Waals surface area contributed by atoms with Gasteiger partial charge in [0.2, 0.25) is 17.6 Å². The predicted octanol–water partition coefficient (Wildman–Crippen LogP) is 4.69. The maximum Gasteiger partial charge on any atom is 0.316 e. The summed E-state index contributed by atoms with van der Waals surface area (Å²) in [6, 6.07) is 6.46. The van der Waals surface area contributed by atoms with E-state index in [1.807, 2.05) is 0 Å². The van der Waals surface area contributed by atoms with Gasteiger partial charge in [0.1, 0.15) is 11.9 Å². The first-order valence-electron chi connectivity index (χ1n) is 10.3. The lowest BCUT2D eigenvalue weighted by Crippen LogP contribution is -2.30. The van der Waals surface area contributed by atoms with E-state index in [0.717, 1.165) is 0 Å². The molecule has 11 heteroatoms. The van der Waals surface area contributed by atoms with E-state index in [9.17, 15) is 18.7 Å². The summed E-state index contributed by atoms with van der Waals surface area (Å²) in [5.41, 5.74) is 1.74. The molecule has 0 unspecified atom stereocenters. The molecule has 0 aliphatic heterocycles. The number of carbonyl (C=O) groups is 1. The lowest BCUT2D eigenvalue weighted by molar-refractivity contribution is -0.0588. The van der Waals surface area contributed by atoms with Crippen LogP contribution in [0.5, 0.6) is 11.6 Å². The zero-order valence-corrected chi connectivity index (χ0v) is 18.4. The maximum absolute atomic E-state index is 13.2. The van der Waals surface area contributed by atoms with E-state index in [2.05, 4.69) is 20.4 Å². The molecule has 1 saturated carbocycles. The Kier molecular flexibility index (Phi) is 6.46. The van der Waals surface area contributed by atoms with Crippen LogP contribution in [0.4, 0.5) is 8.78 Å². The van der Waals surface area contributed by atoms with Crippen molar-refractivity contribution in [3.63, 3.8) is 0 Å². The number of hydrogen-bond acceptors (Lipinski definition) is 7. The summed E-state index contributed by atoms with van der Waals surface area (Å²) in [4.78, 5) is 20.6. The third-order valence-electron chi connectivity index (χ3n) is 5.33. The van der Waals surface area contributed by atoms with Gasteiger partial charge in [0, 0.05) is 37.2 Å². The molecule has 0 radical (unpaired) electrons. The predicted molar refractivity (Wildman–Crippen MR) is 114 cm³/mol. The molecule has 0 atom stereocenters. The quantitative estimate of drug-likeness (QED) is 0.529. The van der Waals surface area contributed by atoms with Gasteiger partial charge in [0.05, 0.1) is 5.02 Å². The number of rotatable bonds is 6. The number of nitrogens with one attached hydrogen (secondary N) is 1. The molecule has 2 aromatic heterocycles. The number of aromatic hydroxyl groups is 1. The first kappa shape index (κ1) is 22.9. The summed E-state index contributed by atoms with van der Waals surface area (Å²) in [6.07, 6.45) is 1.47. The molecule has 33 heavy (non-hydrogen) atoms. The van der Waals surface area contributed by atoms with E-state index in [4.69, 9.17) is 20.9 Å². The van der Waals surface area contributed by atoms with E-state index in [0.29, 0.717) is 22.6 Å². The average Bonchev–Trinajstić information content (AvgIpc) is 3.28. The zero-order chi connectivity index (χ0) is 23.6. The average molecular weight is 479 g/mol. The van der Waals surface area contributed by atoms with Crippen LogP contribution in [0.3, 0.4) is 0 Å². The van der Waals surface area contributed by atoms with Gasteiger partial charge >= 0.3 is 11.8 Å². The van der Waals surface area contributed by atoms with Gasteiger partial charge < -0.3 is 19.7 Å². The van der Waals surface area contributed by atoms with E-state index < -0.39 is 11.8 Å². The van der Waals surface area contributed by atoms with E-state index in [-0.39, 0.29) is 60.8 Å². The Morgan fingerprint density at radius 2 is 2.09 bits per heavy atom. The Morgan fingerprint density at radius 1 is 1.33 bits per heavy atom. The largest absolute Gasteiger partial charge is 0.506 e. The monoisotopic (exact) mass is 478 g/mol. The van der Waals surface area contributed by atoms with E-state index in [1.54, 1.807) is 25.1 Å². The second-order valence-corrected chi connectivity index (χ2v) is 8.31. The smallest absolute Gasteiger partial charge is 0.316 e. The van der Waals surface area contributed by atoms with Crippen LogP contribution >= 0.6 is 11.6 Å².